The van der Waals surface area contributed by atoms with Crippen molar-refractivity contribution in [1.82, 2.24) is 0 Å². The van der Waals surface area contributed by atoms with Crippen molar-refractivity contribution in [3.05, 3.63) is 65.2 Å². The minimum absolute atomic E-state index is 0.0489. The number of methoxy groups -OCH3 is 1. The summed E-state index contributed by atoms with van der Waals surface area (Å²) in [6, 6.07) is 9.64. The maximum atomic E-state index is 13.4. The molecule has 0 fully saturated rings. The number of halogens is 2. The summed E-state index contributed by atoms with van der Waals surface area (Å²) in [5.41, 5.74) is 0.454. The molecule has 19 heavy (non-hydrogen) atoms. The number of Topliss-reactive ketones (excluding diaryl/α,β-unsaturated/α-hetero) is 1. The molecule has 0 amide bonds. The van der Waals surface area contributed by atoms with Crippen LogP contribution in [0.3, 0.4) is 0 Å². The molecule has 0 spiro atoms. The SMILES string of the molecule is COc1cccc(C(=O)Cc2cc(F)ccc2F)c1. The van der Waals surface area contributed by atoms with E-state index in [9.17, 15) is 13.6 Å². The van der Waals surface area contributed by atoms with Crippen molar-refractivity contribution in [1.29, 1.82) is 0 Å². The van der Waals surface area contributed by atoms with Gasteiger partial charge in [-0.05, 0) is 35.9 Å². The van der Waals surface area contributed by atoms with Crippen LogP contribution in [0.25, 0.3) is 0 Å². The number of ketones is 1. The maximum Gasteiger partial charge on any atom is 0.167 e. The standard InChI is InChI=1S/C15H12F2O2/c1-19-13-4-2-3-10(8-13)15(18)9-11-7-12(16)5-6-14(11)17/h2-8H,9H2,1H3. The molecule has 0 aliphatic heterocycles. The molecular formula is C15H12F2O2. The third kappa shape index (κ3) is 3.16. The molecule has 0 bridgehead atoms. The second-order valence-corrected chi connectivity index (χ2v) is 4.07. The third-order valence-electron chi connectivity index (χ3n) is 2.75. The van der Waals surface area contributed by atoms with Crippen LogP contribution < -0.4 is 4.74 Å². The molecule has 0 heterocycles. The molecule has 0 aliphatic rings. The van der Waals surface area contributed by atoms with Crippen LogP contribution in [0.4, 0.5) is 8.78 Å². The molecule has 2 rings (SSSR count). The second kappa shape index (κ2) is 5.61. The summed E-state index contributed by atoms with van der Waals surface area (Å²) in [6.45, 7) is 0. The van der Waals surface area contributed by atoms with E-state index in [4.69, 9.17) is 4.74 Å². The average molecular weight is 262 g/mol. The van der Waals surface area contributed by atoms with E-state index in [0.717, 1.165) is 18.2 Å². The summed E-state index contributed by atoms with van der Waals surface area (Å²) in [7, 11) is 1.50. The summed E-state index contributed by atoms with van der Waals surface area (Å²) in [5, 5.41) is 0. The quantitative estimate of drug-likeness (QED) is 0.789. The lowest BCUT2D eigenvalue weighted by atomic mass is 10.0. The van der Waals surface area contributed by atoms with E-state index < -0.39 is 11.6 Å². The molecule has 0 saturated carbocycles. The van der Waals surface area contributed by atoms with Crippen LogP contribution in [0.1, 0.15) is 15.9 Å². The van der Waals surface area contributed by atoms with Crippen LogP contribution in [0.15, 0.2) is 42.5 Å². The minimum atomic E-state index is -0.586. The molecule has 0 aromatic heterocycles. The largest absolute Gasteiger partial charge is 0.497 e. The first-order valence-electron chi connectivity index (χ1n) is 5.71. The molecule has 2 aromatic rings. The van der Waals surface area contributed by atoms with Crippen LogP contribution in [0.2, 0.25) is 0 Å². The monoisotopic (exact) mass is 262 g/mol. The molecule has 0 aliphatic carbocycles. The van der Waals surface area contributed by atoms with Gasteiger partial charge in [0.2, 0.25) is 0 Å². The van der Waals surface area contributed by atoms with Crippen molar-refractivity contribution in [2.24, 2.45) is 0 Å². The van der Waals surface area contributed by atoms with Gasteiger partial charge in [-0.25, -0.2) is 8.78 Å². The zero-order chi connectivity index (χ0) is 13.8. The topological polar surface area (TPSA) is 26.3 Å². The normalized spacial score (nSPS) is 10.3. The highest BCUT2D eigenvalue weighted by Crippen LogP contribution is 2.17. The van der Waals surface area contributed by atoms with E-state index in [0.29, 0.717) is 11.3 Å². The van der Waals surface area contributed by atoms with Gasteiger partial charge in [-0.3, -0.25) is 4.79 Å². The Labute approximate surface area is 109 Å². The number of benzene rings is 2. The maximum absolute atomic E-state index is 13.4. The van der Waals surface area contributed by atoms with Crippen LogP contribution in [0.5, 0.6) is 5.75 Å². The molecular weight excluding hydrogens is 250 g/mol. The van der Waals surface area contributed by atoms with Gasteiger partial charge in [-0.1, -0.05) is 12.1 Å². The van der Waals surface area contributed by atoms with Crippen molar-refractivity contribution in [2.75, 3.05) is 7.11 Å². The molecule has 0 saturated heterocycles. The summed E-state index contributed by atoms with van der Waals surface area (Å²) in [5.74, 6) is -0.888. The van der Waals surface area contributed by atoms with Gasteiger partial charge in [0, 0.05) is 12.0 Å². The average Bonchev–Trinajstić information content (AvgIpc) is 2.43. The first kappa shape index (κ1) is 13.2. The lowest BCUT2D eigenvalue weighted by molar-refractivity contribution is 0.0991. The number of hydrogen-bond donors (Lipinski definition) is 0. The van der Waals surface area contributed by atoms with E-state index in [1.165, 1.54) is 7.11 Å². The van der Waals surface area contributed by atoms with Gasteiger partial charge in [0.25, 0.3) is 0 Å². The fourth-order valence-corrected chi connectivity index (χ4v) is 1.75. The summed E-state index contributed by atoms with van der Waals surface area (Å²) < 4.78 is 31.5. The summed E-state index contributed by atoms with van der Waals surface area (Å²) >= 11 is 0. The van der Waals surface area contributed by atoms with Crippen LogP contribution in [-0.2, 0) is 6.42 Å². The van der Waals surface area contributed by atoms with Gasteiger partial charge >= 0.3 is 0 Å². The fourth-order valence-electron chi connectivity index (χ4n) is 1.75. The number of ether oxygens (including phenoxy) is 1. The van der Waals surface area contributed by atoms with Crippen LogP contribution in [-0.4, -0.2) is 12.9 Å². The molecule has 2 aromatic carbocycles. The van der Waals surface area contributed by atoms with E-state index in [1.54, 1.807) is 24.3 Å². The van der Waals surface area contributed by atoms with Gasteiger partial charge in [-0.15, -0.1) is 0 Å². The Kier molecular flexibility index (Phi) is 3.90. The van der Waals surface area contributed by atoms with Gasteiger partial charge < -0.3 is 4.74 Å². The molecule has 0 N–H and O–H groups in total. The summed E-state index contributed by atoms with van der Waals surface area (Å²) in [6.07, 6.45) is -0.184. The van der Waals surface area contributed by atoms with Gasteiger partial charge in [0.05, 0.1) is 7.11 Å². The van der Waals surface area contributed by atoms with Crippen molar-refractivity contribution in [3.63, 3.8) is 0 Å². The van der Waals surface area contributed by atoms with Crippen molar-refractivity contribution in [2.45, 2.75) is 6.42 Å². The Morgan fingerprint density at radius 3 is 2.68 bits per heavy atom. The van der Waals surface area contributed by atoms with Crippen molar-refractivity contribution >= 4 is 5.78 Å². The highest BCUT2D eigenvalue weighted by Gasteiger charge is 2.12. The lowest BCUT2D eigenvalue weighted by Gasteiger charge is -2.05. The Morgan fingerprint density at radius 1 is 1.16 bits per heavy atom. The number of carbonyl (C=O) groups is 1. The second-order valence-electron chi connectivity index (χ2n) is 4.07. The van der Waals surface area contributed by atoms with E-state index >= 15 is 0 Å². The molecule has 2 nitrogen and oxygen atoms in total. The van der Waals surface area contributed by atoms with Gasteiger partial charge in [-0.2, -0.15) is 0 Å². The summed E-state index contributed by atoms with van der Waals surface area (Å²) in [4.78, 5) is 12.0. The number of carbonyl (C=O) groups excluding carboxylic acids is 1. The van der Waals surface area contributed by atoms with Gasteiger partial charge in [0.1, 0.15) is 17.4 Å². The Morgan fingerprint density at radius 2 is 1.95 bits per heavy atom. The fraction of sp³-hybridized carbons (Fsp3) is 0.133. The number of rotatable bonds is 4. The smallest absolute Gasteiger partial charge is 0.167 e. The highest BCUT2D eigenvalue weighted by molar-refractivity contribution is 5.97. The minimum Gasteiger partial charge on any atom is -0.497 e. The Hall–Kier alpha value is -2.23. The molecule has 98 valence electrons. The lowest BCUT2D eigenvalue weighted by Crippen LogP contribution is -2.05. The first-order chi connectivity index (χ1) is 9.10. The van der Waals surface area contributed by atoms with Gasteiger partial charge in [0.15, 0.2) is 5.78 Å². The van der Waals surface area contributed by atoms with E-state index in [1.807, 2.05) is 0 Å². The molecule has 0 atom stereocenters. The van der Waals surface area contributed by atoms with E-state index in [2.05, 4.69) is 0 Å². The molecule has 0 unspecified atom stereocenters. The predicted molar refractivity (Wildman–Crippen MR) is 67.4 cm³/mol. The van der Waals surface area contributed by atoms with E-state index in [-0.39, 0.29) is 17.8 Å². The molecule has 4 heteroatoms. The molecule has 0 radical (unpaired) electrons. The van der Waals surface area contributed by atoms with Crippen LogP contribution in [0, 0.1) is 11.6 Å². The van der Waals surface area contributed by atoms with Crippen molar-refractivity contribution in [3.8, 4) is 5.75 Å². The zero-order valence-electron chi connectivity index (χ0n) is 10.3. The number of hydrogen-bond acceptors (Lipinski definition) is 2. The zero-order valence-corrected chi connectivity index (χ0v) is 10.3. The van der Waals surface area contributed by atoms with Crippen LogP contribution >= 0.6 is 0 Å². The van der Waals surface area contributed by atoms with Crippen molar-refractivity contribution < 1.29 is 18.3 Å². The third-order valence-corrected chi connectivity index (χ3v) is 2.75. The highest BCUT2D eigenvalue weighted by atomic mass is 19.1. The Bertz CT molecular complexity index is 609. The Balaban J connectivity index is 2.22. The predicted octanol–water partition coefficient (Wildman–Crippen LogP) is 3.40. The first-order valence-corrected chi connectivity index (χ1v) is 5.71.